The van der Waals surface area contributed by atoms with Gasteiger partial charge in [-0.05, 0) is 52.7 Å². The third-order valence-corrected chi connectivity index (χ3v) is 5.66. The molecule has 0 radical (unpaired) electrons. The molecule has 3 aromatic carbocycles. The summed E-state index contributed by atoms with van der Waals surface area (Å²) in [5, 5.41) is 29.5. The number of para-hydroxylation sites is 1. The van der Waals surface area contributed by atoms with E-state index in [1.807, 2.05) is 42.5 Å². The number of carbonyl (C=O) groups excluding carboxylic acids is 2. The first-order valence-electron chi connectivity index (χ1n) is 11.2. The predicted molar refractivity (Wildman–Crippen MR) is 134 cm³/mol. The lowest BCUT2D eigenvalue weighted by molar-refractivity contribution is -0.116. The van der Waals surface area contributed by atoms with Crippen LogP contribution < -0.4 is 10.6 Å². The lowest BCUT2D eigenvalue weighted by atomic mass is 10.1. The fraction of sp³-hybridized carbons (Fsp3) is 0.0769. The number of aromatic nitrogens is 5. The zero-order valence-electron chi connectivity index (χ0n) is 18.9. The normalized spacial score (nSPS) is 10.6. The van der Waals surface area contributed by atoms with Gasteiger partial charge in [0.2, 0.25) is 5.91 Å². The Morgan fingerprint density at radius 2 is 1.81 bits per heavy atom. The summed E-state index contributed by atoms with van der Waals surface area (Å²) in [7, 11) is 0. The monoisotopic (exact) mass is 476 g/mol. The summed E-state index contributed by atoms with van der Waals surface area (Å²) in [6, 6.07) is 23.9. The number of hydrogen-bond donors (Lipinski definition) is 4. The van der Waals surface area contributed by atoms with Gasteiger partial charge in [-0.2, -0.15) is 5.26 Å². The van der Waals surface area contributed by atoms with Crippen molar-refractivity contribution >= 4 is 34.1 Å². The number of fused-ring (bicyclic) bond motifs is 1. The first-order chi connectivity index (χ1) is 17.6. The van der Waals surface area contributed by atoms with Crippen LogP contribution in [-0.4, -0.2) is 37.4 Å². The zero-order valence-corrected chi connectivity index (χ0v) is 18.9. The number of nitriles is 1. The highest BCUT2D eigenvalue weighted by molar-refractivity contribution is 6.09. The average molecular weight is 477 g/mol. The summed E-state index contributed by atoms with van der Waals surface area (Å²) in [6.07, 6.45) is 0.973. The topological polar surface area (TPSA) is 152 Å². The molecule has 10 heteroatoms. The van der Waals surface area contributed by atoms with Gasteiger partial charge in [-0.15, -0.1) is 5.10 Å². The van der Waals surface area contributed by atoms with Crippen molar-refractivity contribution in [3.05, 3.63) is 89.6 Å². The summed E-state index contributed by atoms with van der Waals surface area (Å²) >= 11 is 0. The van der Waals surface area contributed by atoms with Gasteiger partial charge in [-0.3, -0.25) is 9.59 Å². The van der Waals surface area contributed by atoms with E-state index in [2.05, 4.69) is 42.3 Å². The molecule has 0 bridgehead atoms. The molecule has 0 saturated heterocycles. The number of nitrogens with zero attached hydrogens (tertiary/aromatic N) is 4. The Kier molecular flexibility index (Phi) is 6.19. The van der Waals surface area contributed by atoms with Crippen LogP contribution in [0.2, 0.25) is 0 Å². The van der Waals surface area contributed by atoms with Crippen LogP contribution in [0.1, 0.15) is 28.0 Å². The molecule has 2 amide bonds. The Morgan fingerprint density at radius 3 is 2.58 bits per heavy atom. The maximum absolute atomic E-state index is 13.1. The third-order valence-electron chi connectivity index (χ3n) is 5.66. The first-order valence-corrected chi connectivity index (χ1v) is 11.2. The van der Waals surface area contributed by atoms with E-state index in [1.165, 1.54) is 0 Å². The van der Waals surface area contributed by atoms with Crippen LogP contribution in [0.5, 0.6) is 0 Å². The van der Waals surface area contributed by atoms with Crippen molar-refractivity contribution in [2.75, 3.05) is 10.6 Å². The van der Waals surface area contributed by atoms with Crippen molar-refractivity contribution in [3.63, 3.8) is 0 Å². The standard InChI is InChI=1S/C26H20N8O2/c27-15-17-9-11-20(19(13-17)25-31-33-34-32-25)30-26(36)22-14-18-7-4-8-21(24(18)29-22)28-23(35)12-10-16-5-2-1-3-6-16/h1-9,11,13-14,29H,10,12H2,(H,28,35)(H,30,36)(H,31,32,33,34). The molecule has 0 aliphatic carbocycles. The predicted octanol–water partition coefficient (Wildman–Crippen LogP) is 4.04. The smallest absolute Gasteiger partial charge is 0.272 e. The molecule has 0 spiro atoms. The molecule has 0 aliphatic rings. The maximum atomic E-state index is 13.1. The Balaban J connectivity index is 1.35. The van der Waals surface area contributed by atoms with Gasteiger partial charge in [0.15, 0.2) is 5.82 Å². The molecular formula is C26H20N8O2. The number of H-pyrrole nitrogens is 2. The molecule has 0 unspecified atom stereocenters. The number of amides is 2. The van der Waals surface area contributed by atoms with E-state index in [0.29, 0.717) is 52.4 Å². The second kappa shape index (κ2) is 9.90. The Labute approximate surface area is 205 Å². The molecule has 0 aliphatic heterocycles. The fourth-order valence-electron chi connectivity index (χ4n) is 3.88. The van der Waals surface area contributed by atoms with E-state index in [9.17, 15) is 14.9 Å². The van der Waals surface area contributed by atoms with Crippen molar-refractivity contribution in [1.82, 2.24) is 25.6 Å². The summed E-state index contributed by atoms with van der Waals surface area (Å²) < 4.78 is 0. The summed E-state index contributed by atoms with van der Waals surface area (Å²) in [6.45, 7) is 0. The lowest BCUT2D eigenvalue weighted by Gasteiger charge is -2.09. The van der Waals surface area contributed by atoms with Gasteiger partial charge in [-0.1, -0.05) is 42.5 Å². The van der Waals surface area contributed by atoms with E-state index < -0.39 is 5.91 Å². The summed E-state index contributed by atoms with van der Waals surface area (Å²) in [5.41, 5.74) is 3.96. The number of nitrogens with one attached hydrogen (secondary N) is 4. The Hall–Kier alpha value is -5.30. The Bertz CT molecular complexity index is 1580. The highest BCUT2D eigenvalue weighted by Crippen LogP contribution is 2.28. The molecule has 4 N–H and O–H groups in total. The molecule has 176 valence electrons. The molecule has 2 heterocycles. The number of aromatic amines is 2. The van der Waals surface area contributed by atoms with Gasteiger partial charge in [0.05, 0.1) is 28.5 Å². The minimum absolute atomic E-state index is 0.116. The van der Waals surface area contributed by atoms with Crippen molar-refractivity contribution in [3.8, 4) is 17.5 Å². The van der Waals surface area contributed by atoms with Crippen LogP contribution >= 0.6 is 0 Å². The number of carbonyl (C=O) groups is 2. The van der Waals surface area contributed by atoms with Crippen LogP contribution in [0.3, 0.4) is 0 Å². The molecule has 5 aromatic rings. The number of anilines is 2. The van der Waals surface area contributed by atoms with Crippen LogP contribution in [0.25, 0.3) is 22.3 Å². The van der Waals surface area contributed by atoms with E-state index in [4.69, 9.17) is 0 Å². The molecule has 2 aromatic heterocycles. The van der Waals surface area contributed by atoms with Crippen LogP contribution in [-0.2, 0) is 11.2 Å². The minimum atomic E-state index is -0.397. The molecule has 10 nitrogen and oxygen atoms in total. The quantitative estimate of drug-likeness (QED) is 0.278. The average Bonchev–Trinajstić information content (AvgIpc) is 3.59. The number of hydrogen-bond acceptors (Lipinski definition) is 6. The number of tetrazole rings is 1. The number of rotatable bonds is 7. The zero-order chi connectivity index (χ0) is 24.9. The van der Waals surface area contributed by atoms with E-state index >= 15 is 0 Å². The lowest BCUT2D eigenvalue weighted by Crippen LogP contribution is -2.14. The fourth-order valence-corrected chi connectivity index (χ4v) is 3.88. The number of aryl methyl sites for hydroxylation is 1. The maximum Gasteiger partial charge on any atom is 0.272 e. The summed E-state index contributed by atoms with van der Waals surface area (Å²) in [4.78, 5) is 28.8. The van der Waals surface area contributed by atoms with Gasteiger partial charge < -0.3 is 15.6 Å². The molecule has 5 rings (SSSR count). The van der Waals surface area contributed by atoms with Crippen molar-refractivity contribution in [1.29, 1.82) is 5.26 Å². The SMILES string of the molecule is N#Cc1ccc(NC(=O)c2cc3cccc(NC(=O)CCc4ccccc4)c3[nH]2)c(-c2nnn[nH]2)c1. The van der Waals surface area contributed by atoms with Gasteiger partial charge in [0, 0.05) is 17.4 Å². The van der Waals surface area contributed by atoms with Crippen LogP contribution in [0.15, 0.2) is 72.8 Å². The molecular weight excluding hydrogens is 456 g/mol. The highest BCUT2D eigenvalue weighted by Gasteiger charge is 2.17. The Morgan fingerprint density at radius 1 is 0.944 bits per heavy atom. The summed E-state index contributed by atoms with van der Waals surface area (Å²) in [5.74, 6) is -0.194. The highest BCUT2D eigenvalue weighted by atomic mass is 16.2. The van der Waals surface area contributed by atoms with Crippen LogP contribution in [0, 0.1) is 11.3 Å². The van der Waals surface area contributed by atoms with E-state index in [0.717, 1.165) is 10.9 Å². The van der Waals surface area contributed by atoms with Crippen molar-refractivity contribution < 1.29 is 9.59 Å². The molecule has 0 atom stereocenters. The van der Waals surface area contributed by atoms with Gasteiger partial charge in [0.1, 0.15) is 5.69 Å². The van der Waals surface area contributed by atoms with Crippen molar-refractivity contribution in [2.24, 2.45) is 0 Å². The van der Waals surface area contributed by atoms with E-state index in [-0.39, 0.29) is 5.91 Å². The third kappa shape index (κ3) is 4.80. The second-order valence-electron chi connectivity index (χ2n) is 8.06. The van der Waals surface area contributed by atoms with Gasteiger partial charge >= 0.3 is 0 Å². The molecule has 0 saturated carbocycles. The van der Waals surface area contributed by atoms with Gasteiger partial charge in [0.25, 0.3) is 5.91 Å². The number of benzene rings is 3. The van der Waals surface area contributed by atoms with Crippen LogP contribution in [0.4, 0.5) is 11.4 Å². The van der Waals surface area contributed by atoms with Crippen molar-refractivity contribution in [2.45, 2.75) is 12.8 Å². The largest absolute Gasteiger partial charge is 0.349 e. The second-order valence-corrected chi connectivity index (χ2v) is 8.06. The molecule has 36 heavy (non-hydrogen) atoms. The molecule has 0 fully saturated rings. The van der Waals surface area contributed by atoms with E-state index in [1.54, 1.807) is 30.3 Å². The van der Waals surface area contributed by atoms with Gasteiger partial charge in [-0.25, -0.2) is 5.10 Å². The minimum Gasteiger partial charge on any atom is -0.349 e. The first kappa shape index (κ1) is 22.5.